The number of carbonyl (C=O) groups excluding carboxylic acids is 1. The number of nitrogens with zero attached hydrogens (tertiary/aromatic N) is 2. The van der Waals surface area contributed by atoms with Gasteiger partial charge in [0, 0.05) is 18.3 Å². The molecule has 19 heavy (non-hydrogen) atoms. The van der Waals surface area contributed by atoms with E-state index < -0.39 is 0 Å². The zero-order chi connectivity index (χ0) is 14.3. The van der Waals surface area contributed by atoms with Crippen molar-refractivity contribution in [2.45, 2.75) is 39.4 Å². The van der Waals surface area contributed by atoms with E-state index in [2.05, 4.69) is 24.3 Å². The van der Waals surface area contributed by atoms with Crippen molar-refractivity contribution in [2.75, 3.05) is 13.7 Å². The predicted octanol–water partition coefficient (Wildman–Crippen LogP) is 0.553. The lowest BCUT2D eigenvalue weighted by Gasteiger charge is -2.17. The number of rotatable bonds is 8. The molecule has 1 aromatic rings. The van der Waals surface area contributed by atoms with E-state index >= 15 is 0 Å². The Labute approximate surface area is 113 Å². The lowest BCUT2D eigenvalue weighted by Crippen LogP contribution is -2.38. The van der Waals surface area contributed by atoms with E-state index in [9.17, 15) is 4.79 Å². The van der Waals surface area contributed by atoms with E-state index in [0.717, 1.165) is 12.0 Å². The minimum atomic E-state index is -0.300. The number of methoxy groups -OCH3 is 1. The van der Waals surface area contributed by atoms with Crippen molar-refractivity contribution < 1.29 is 14.6 Å². The highest BCUT2D eigenvalue weighted by molar-refractivity contribution is 5.75. The number of aliphatic hydroxyl groups is 1. The molecule has 0 bridgehead atoms. The van der Waals surface area contributed by atoms with E-state index in [-0.39, 0.29) is 18.6 Å². The monoisotopic (exact) mass is 269 g/mol. The van der Waals surface area contributed by atoms with Gasteiger partial charge in [-0.1, -0.05) is 13.8 Å². The first-order valence-corrected chi connectivity index (χ1v) is 6.50. The number of aliphatic hydroxyl groups excluding tert-OH is 1. The molecule has 0 aromatic carbocycles. The Morgan fingerprint density at radius 3 is 2.89 bits per heavy atom. The molecule has 0 radical (unpaired) electrons. The van der Waals surface area contributed by atoms with Gasteiger partial charge < -0.3 is 15.2 Å². The van der Waals surface area contributed by atoms with Gasteiger partial charge in [-0.25, -0.2) is 0 Å². The Kier molecular flexibility index (Phi) is 6.52. The highest BCUT2D eigenvalue weighted by Crippen LogP contribution is 2.07. The van der Waals surface area contributed by atoms with E-state index in [1.165, 1.54) is 7.11 Å². The topological polar surface area (TPSA) is 76.4 Å². The van der Waals surface area contributed by atoms with Gasteiger partial charge in [-0.3, -0.25) is 9.48 Å². The van der Waals surface area contributed by atoms with Crippen LogP contribution in [0.4, 0.5) is 0 Å². The summed E-state index contributed by atoms with van der Waals surface area (Å²) in [7, 11) is 1.40. The lowest BCUT2D eigenvalue weighted by molar-refractivity contribution is -0.143. The summed E-state index contributed by atoms with van der Waals surface area (Å²) in [5, 5.41) is 16.1. The van der Waals surface area contributed by atoms with Gasteiger partial charge in [0.05, 0.1) is 26.5 Å². The number of esters is 1. The molecule has 1 unspecified atom stereocenters. The Hall–Kier alpha value is -1.40. The first-order valence-electron chi connectivity index (χ1n) is 6.50. The van der Waals surface area contributed by atoms with Crippen molar-refractivity contribution >= 4 is 5.97 Å². The molecule has 1 aromatic heterocycles. The van der Waals surface area contributed by atoms with Gasteiger partial charge >= 0.3 is 5.97 Å². The van der Waals surface area contributed by atoms with E-state index in [0.29, 0.717) is 19.0 Å². The summed E-state index contributed by atoms with van der Waals surface area (Å²) >= 11 is 0. The third kappa shape index (κ3) is 5.40. The molecule has 1 heterocycles. The maximum Gasteiger partial charge on any atom is 0.322 e. The van der Waals surface area contributed by atoms with Crippen LogP contribution in [0.3, 0.4) is 0 Å². The molecule has 1 atom stereocenters. The quantitative estimate of drug-likeness (QED) is 0.674. The van der Waals surface area contributed by atoms with Crippen molar-refractivity contribution in [3.63, 3.8) is 0 Å². The van der Waals surface area contributed by atoms with Gasteiger partial charge in [0.25, 0.3) is 0 Å². The second-order valence-electron chi connectivity index (χ2n) is 4.92. The van der Waals surface area contributed by atoms with E-state index in [1.807, 2.05) is 6.20 Å². The fourth-order valence-corrected chi connectivity index (χ4v) is 1.84. The van der Waals surface area contributed by atoms with Gasteiger partial charge in [0.15, 0.2) is 0 Å². The van der Waals surface area contributed by atoms with Gasteiger partial charge in [-0.15, -0.1) is 0 Å². The smallest absolute Gasteiger partial charge is 0.322 e. The zero-order valence-electron chi connectivity index (χ0n) is 11.8. The number of nitrogens with one attached hydrogen (secondary N) is 1. The first-order chi connectivity index (χ1) is 9.06. The molecule has 2 N–H and O–H groups in total. The predicted molar refractivity (Wildman–Crippen MR) is 71.4 cm³/mol. The minimum Gasteiger partial charge on any atom is -0.468 e. The second-order valence-corrected chi connectivity index (χ2v) is 4.92. The molecular formula is C13H23N3O3. The van der Waals surface area contributed by atoms with E-state index in [4.69, 9.17) is 9.84 Å². The molecule has 0 aliphatic heterocycles. The molecule has 0 saturated heterocycles. The number of hydrogen-bond donors (Lipinski definition) is 2. The first kappa shape index (κ1) is 15.7. The molecule has 0 aliphatic rings. The summed E-state index contributed by atoms with van der Waals surface area (Å²) in [6.07, 6.45) is 4.32. The Bertz CT molecular complexity index is 390. The summed E-state index contributed by atoms with van der Waals surface area (Å²) < 4.78 is 6.46. The summed E-state index contributed by atoms with van der Waals surface area (Å²) in [4.78, 5) is 11.6. The normalized spacial score (nSPS) is 12.7. The van der Waals surface area contributed by atoms with Crippen molar-refractivity contribution in [3.8, 4) is 0 Å². The van der Waals surface area contributed by atoms with Crippen LogP contribution in [0.1, 0.15) is 25.8 Å². The maximum absolute atomic E-state index is 11.6. The van der Waals surface area contributed by atoms with Gasteiger partial charge in [0.2, 0.25) is 0 Å². The molecule has 0 saturated carbocycles. The standard InChI is InChI=1S/C13H23N3O3/c1-10(2)6-12(13(18)19-3)14-7-11-8-15-16(9-11)4-5-17/h8-10,12,14,17H,4-7H2,1-3H3. The van der Waals surface area contributed by atoms with Crippen LogP contribution in [0.5, 0.6) is 0 Å². The van der Waals surface area contributed by atoms with Gasteiger partial charge in [0.1, 0.15) is 6.04 Å². The van der Waals surface area contributed by atoms with E-state index in [1.54, 1.807) is 10.9 Å². The van der Waals surface area contributed by atoms with Crippen molar-refractivity contribution in [2.24, 2.45) is 5.92 Å². The molecule has 0 spiro atoms. The van der Waals surface area contributed by atoms with Crippen LogP contribution < -0.4 is 5.32 Å². The van der Waals surface area contributed by atoms with Crippen LogP contribution in [0.25, 0.3) is 0 Å². The summed E-state index contributed by atoms with van der Waals surface area (Å²) in [6.45, 7) is 5.23. The Morgan fingerprint density at radius 2 is 2.32 bits per heavy atom. The molecule has 0 amide bonds. The maximum atomic E-state index is 11.6. The van der Waals surface area contributed by atoms with Crippen LogP contribution >= 0.6 is 0 Å². The van der Waals surface area contributed by atoms with Crippen LogP contribution in [-0.4, -0.2) is 40.6 Å². The third-order valence-corrected chi connectivity index (χ3v) is 2.76. The van der Waals surface area contributed by atoms with Crippen LogP contribution in [-0.2, 0) is 22.6 Å². The molecule has 0 aliphatic carbocycles. The largest absolute Gasteiger partial charge is 0.468 e. The average molecular weight is 269 g/mol. The fourth-order valence-electron chi connectivity index (χ4n) is 1.84. The Morgan fingerprint density at radius 1 is 1.58 bits per heavy atom. The summed E-state index contributed by atoms with van der Waals surface area (Å²) in [5.41, 5.74) is 0.978. The molecule has 0 fully saturated rings. The van der Waals surface area contributed by atoms with Crippen molar-refractivity contribution in [1.82, 2.24) is 15.1 Å². The fraction of sp³-hybridized carbons (Fsp3) is 0.692. The summed E-state index contributed by atoms with van der Waals surface area (Å²) in [6, 6.07) is -0.300. The number of aromatic nitrogens is 2. The van der Waals surface area contributed by atoms with Crippen molar-refractivity contribution in [3.05, 3.63) is 18.0 Å². The molecular weight excluding hydrogens is 246 g/mol. The van der Waals surface area contributed by atoms with Gasteiger partial charge in [-0.2, -0.15) is 5.10 Å². The van der Waals surface area contributed by atoms with Crippen LogP contribution in [0.2, 0.25) is 0 Å². The number of carbonyl (C=O) groups is 1. The highest BCUT2D eigenvalue weighted by atomic mass is 16.5. The van der Waals surface area contributed by atoms with Crippen LogP contribution in [0, 0.1) is 5.92 Å². The minimum absolute atomic E-state index is 0.0622. The summed E-state index contributed by atoms with van der Waals surface area (Å²) in [5.74, 6) is 0.171. The third-order valence-electron chi connectivity index (χ3n) is 2.76. The average Bonchev–Trinajstić information content (AvgIpc) is 2.81. The molecule has 6 heteroatoms. The van der Waals surface area contributed by atoms with Crippen LogP contribution in [0.15, 0.2) is 12.4 Å². The second kappa shape index (κ2) is 7.91. The zero-order valence-corrected chi connectivity index (χ0v) is 11.8. The van der Waals surface area contributed by atoms with Crippen molar-refractivity contribution in [1.29, 1.82) is 0 Å². The Balaban J connectivity index is 2.52. The molecule has 6 nitrogen and oxygen atoms in total. The SMILES string of the molecule is COC(=O)C(CC(C)C)NCc1cnn(CCO)c1. The number of hydrogen-bond acceptors (Lipinski definition) is 5. The van der Waals surface area contributed by atoms with Gasteiger partial charge in [-0.05, 0) is 12.3 Å². The lowest BCUT2D eigenvalue weighted by atomic mass is 10.0. The number of ether oxygens (including phenoxy) is 1. The molecule has 108 valence electrons. The molecule has 1 rings (SSSR count). The highest BCUT2D eigenvalue weighted by Gasteiger charge is 2.19.